The fourth-order valence-corrected chi connectivity index (χ4v) is 1.52. The molecular formula is C11H9ClFNO. The minimum absolute atomic E-state index is 0.260. The molecule has 0 radical (unpaired) electrons. The smallest absolute Gasteiger partial charge is 0.171 e. The highest BCUT2D eigenvalue weighted by molar-refractivity contribution is 6.17. The maximum absolute atomic E-state index is 13.3. The first-order valence-corrected chi connectivity index (χ1v) is 5.02. The summed E-state index contributed by atoms with van der Waals surface area (Å²) in [5.41, 5.74) is 2.02. The number of halogens is 2. The molecule has 2 rings (SSSR count). The summed E-state index contributed by atoms with van der Waals surface area (Å²) in [6.45, 7) is 1.71. The molecule has 1 aromatic carbocycles. The number of aryl methyl sites for hydroxylation is 1. The Kier molecular flexibility index (Phi) is 2.73. The van der Waals surface area contributed by atoms with E-state index in [9.17, 15) is 4.39 Å². The second-order valence-corrected chi connectivity index (χ2v) is 3.55. The van der Waals surface area contributed by atoms with Crippen LogP contribution in [0, 0.1) is 12.7 Å². The van der Waals surface area contributed by atoms with E-state index < -0.39 is 0 Å². The van der Waals surface area contributed by atoms with Crippen LogP contribution >= 0.6 is 11.6 Å². The van der Waals surface area contributed by atoms with Gasteiger partial charge in [-0.3, -0.25) is 0 Å². The van der Waals surface area contributed by atoms with Crippen LogP contribution in [0.2, 0.25) is 0 Å². The van der Waals surface area contributed by atoms with Crippen molar-refractivity contribution in [3.05, 3.63) is 41.3 Å². The maximum Gasteiger partial charge on any atom is 0.171 e. The standard InChI is InChI=1S/C11H9ClFNO/c1-7-2-3-8(4-10(7)13)11-9(5-12)6-14-15-11/h2-4,6H,5H2,1H3. The van der Waals surface area contributed by atoms with Gasteiger partial charge in [-0.2, -0.15) is 0 Å². The molecule has 78 valence electrons. The molecular weight excluding hydrogens is 217 g/mol. The maximum atomic E-state index is 13.3. The second kappa shape index (κ2) is 4.03. The van der Waals surface area contributed by atoms with E-state index in [1.807, 2.05) is 0 Å². The van der Waals surface area contributed by atoms with Gasteiger partial charge in [0.15, 0.2) is 5.76 Å². The summed E-state index contributed by atoms with van der Waals surface area (Å²) < 4.78 is 18.3. The van der Waals surface area contributed by atoms with Gasteiger partial charge in [0.25, 0.3) is 0 Å². The van der Waals surface area contributed by atoms with Crippen molar-refractivity contribution in [1.82, 2.24) is 5.16 Å². The summed E-state index contributed by atoms with van der Waals surface area (Å²) in [5.74, 6) is 0.572. The number of hydrogen-bond acceptors (Lipinski definition) is 2. The first-order valence-electron chi connectivity index (χ1n) is 4.48. The number of alkyl halides is 1. The summed E-state index contributed by atoms with van der Waals surface area (Å²) >= 11 is 5.70. The molecule has 15 heavy (non-hydrogen) atoms. The molecule has 0 aliphatic rings. The van der Waals surface area contributed by atoms with Crippen molar-refractivity contribution >= 4 is 11.6 Å². The van der Waals surface area contributed by atoms with Crippen molar-refractivity contribution in [3.63, 3.8) is 0 Å². The molecule has 0 saturated heterocycles. The van der Waals surface area contributed by atoms with Crippen molar-refractivity contribution in [3.8, 4) is 11.3 Å². The molecule has 1 heterocycles. The summed E-state index contributed by atoms with van der Waals surface area (Å²) in [5, 5.41) is 3.64. The average molecular weight is 226 g/mol. The van der Waals surface area contributed by atoms with Gasteiger partial charge < -0.3 is 4.52 Å². The zero-order chi connectivity index (χ0) is 10.8. The quantitative estimate of drug-likeness (QED) is 0.731. The first-order chi connectivity index (χ1) is 7.22. The number of nitrogens with zero attached hydrogens (tertiary/aromatic N) is 1. The van der Waals surface area contributed by atoms with Crippen molar-refractivity contribution in [1.29, 1.82) is 0 Å². The highest BCUT2D eigenvalue weighted by Gasteiger charge is 2.11. The molecule has 0 spiro atoms. The van der Waals surface area contributed by atoms with Gasteiger partial charge in [0.2, 0.25) is 0 Å². The van der Waals surface area contributed by atoms with Gasteiger partial charge in [-0.25, -0.2) is 4.39 Å². The second-order valence-electron chi connectivity index (χ2n) is 3.28. The third-order valence-corrected chi connectivity index (χ3v) is 2.51. The summed E-state index contributed by atoms with van der Waals surface area (Å²) in [6, 6.07) is 4.91. The van der Waals surface area contributed by atoms with Crippen LogP contribution in [0.1, 0.15) is 11.1 Å². The molecule has 0 bridgehead atoms. The van der Waals surface area contributed by atoms with Crippen LogP contribution in [0.3, 0.4) is 0 Å². The molecule has 0 aliphatic carbocycles. The van der Waals surface area contributed by atoms with Crippen LogP contribution in [0.25, 0.3) is 11.3 Å². The summed E-state index contributed by atoms with van der Waals surface area (Å²) in [7, 11) is 0. The molecule has 0 amide bonds. The molecule has 0 N–H and O–H groups in total. The summed E-state index contributed by atoms with van der Waals surface area (Å²) in [4.78, 5) is 0. The Balaban J connectivity index is 2.50. The average Bonchev–Trinajstić information content (AvgIpc) is 2.70. The van der Waals surface area contributed by atoms with Crippen LogP contribution in [0.15, 0.2) is 28.9 Å². The minimum Gasteiger partial charge on any atom is -0.356 e. The molecule has 0 unspecified atom stereocenters. The van der Waals surface area contributed by atoms with E-state index in [-0.39, 0.29) is 5.82 Å². The third kappa shape index (κ3) is 1.88. The van der Waals surface area contributed by atoms with Gasteiger partial charge >= 0.3 is 0 Å². The first kappa shape index (κ1) is 10.2. The van der Waals surface area contributed by atoms with Crippen LogP contribution in [-0.2, 0) is 5.88 Å². The Morgan fingerprint density at radius 2 is 2.27 bits per heavy atom. The molecule has 0 fully saturated rings. The highest BCUT2D eigenvalue weighted by Crippen LogP contribution is 2.26. The zero-order valence-corrected chi connectivity index (χ0v) is 8.88. The Labute approximate surface area is 91.7 Å². The van der Waals surface area contributed by atoms with Gasteiger partial charge in [0, 0.05) is 11.1 Å². The van der Waals surface area contributed by atoms with Crippen LogP contribution in [0.5, 0.6) is 0 Å². The van der Waals surface area contributed by atoms with Gasteiger partial charge in [-0.15, -0.1) is 11.6 Å². The van der Waals surface area contributed by atoms with Crippen LogP contribution in [0.4, 0.5) is 4.39 Å². The lowest BCUT2D eigenvalue weighted by Crippen LogP contribution is -1.85. The Hall–Kier alpha value is -1.35. The van der Waals surface area contributed by atoms with Crippen molar-refractivity contribution in [2.75, 3.05) is 0 Å². The number of hydrogen-bond donors (Lipinski definition) is 0. The Morgan fingerprint density at radius 3 is 2.93 bits per heavy atom. The lowest BCUT2D eigenvalue weighted by molar-refractivity contribution is 0.431. The molecule has 0 aliphatic heterocycles. The molecule has 2 aromatic rings. The fraction of sp³-hybridized carbons (Fsp3) is 0.182. The van der Waals surface area contributed by atoms with Crippen LogP contribution in [-0.4, -0.2) is 5.16 Å². The fourth-order valence-electron chi connectivity index (χ4n) is 1.33. The molecule has 4 heteroatoms. The van der Waals surface area contributed by atoms with E-state index >= 15 is 0 Å². The predicted octanol–water partition coefficient (Wildman–Crippen LogP) is 3.53. The number of aromatic nitrogens is 1. The molecule has 0 atom stereocenters. The minimum atomic E-state index is -0.260. The normalized spacial score (nSPS) is 10.6. The van der Waals surface area contributed by atoms with Crippen LogP contribution < -0.4 is 0 Å². The molecule has 0 saturated carbocycles. The number of benzene rings is 1. The van der Waals surface area contributed by atoms with E-state index in [1.165, 1.54) is 6.07 Å². The molecule has 2 nitrogen and oxygen atoms in total. The topological polar surface area (TPSA) is 26.0 Å². The SMILES string of the molecule is Cc1ccc(-c2oncc2CCl)cc1F. The van der Waals surface area contributed by atoms with Crippen molar-refractivity contribution < 1.29 is 8.91 Å². The molecule has 1 aromatic heterocycles. The van der Waals surface area contributed by atoms with E-state index in [4.69, 9.17) is 16.1 Å². The van der Waals surface area contributed by atoms with E-state index in [0.29, 0.717) is 22.8 Å². The van der Waals surface area contributed by atoms with Gasteiger partial charge in [-0.05, 0) is 18.6 Å². The Morgan fingerprint density at radius 1 is 1.47 bits per heavy atom. The van der Waals surface area contributed by atoms with E-state index in [2.05, 4.69) is 5.16 Å². The lowest BCUT2D eigenvalue weighted by atomic mass is 10.1. The monoisotopic (exact) mass is 225 g/mol. The largest absolute Gasteiger partial charge is 0.356 e. The van der Waals surface area contributed by atoms with Crippen molar-refractivity contribution in [2.24, 2.45) is 0 Å². The predicted molar refractivity (Wildman–Crippen MR) is 56.2 cm³/mol. The lowest BCUT2D eigenvalue weighted by Gasteiger charge is -2.00. The van der Waals surface area contributed by atoms with Gasteiger partial charge in [0.1, 0.15) is 5.82 Å². The number of rotatable bonds is 2. The Bertz CT molecular complexity index is 481. The zero-order valence-electron chi connectivity index (χ0n) is 8.13. The third-order valence-electron chi connectivity index (χ3n) is 2.22. The van der Waals surface area contributed by atoms with Gasteiger partial charge in [-0.1, -0.05) is 17.3 Å². The highest BCUT2D eigenvalue weighted by atomic mass is 35.5. The van der Waals surface area contributed by atoms with E-state index in [1.54, 1.807) is 25.3 Å². The summed E-state index contributed by atoms with van der Waals surface area (Å²) in [6.07, 6.45) is 1.54. The van der Waals surface area contributed by atoms with Gasteiger partial charge in [0.05, 0.1) is 12.1 Å². The van der Waals surface area contributed by atoms with Crippen molar-refractivity contribution in [2.45, 2.75) is 12.8 Å². The van der Waals surface area contributed by atoms with E-state index in [0.717, 1.165) is 5.56 Å².